The van der Waals surface area contributed by atoms with Gasteiger partial charge < -0.3 is 5.11 Å². The van der Waals surface area contributed by atoms with Crippen molar-refractivity contribution in [1.82, 2.24) is 14.4 Å². The summed E-state index contributed by atoms with van der Waals surface area (Å²) < 4.78 is 1.76. The van der Waals surface area contributed by atoms with Crippen molar-refractivity contribution in [1.29, 1.82) is 0 Å². The number of aromatic hydroxyl groups is 1. The van der Waals surface area contributed by atoms with Crippen LogP contribution in [0, 0.1) is 0 Å². The molecule has 3 aromatic heterocycles. The van der Waals surface area contributed by atoms with E-state index < -0.39 is 0 Å². The van der Waals surface area contributed by atoms with Crippen LogP contribution in [0.1, 0.15) is 0 Å². The third-order valence-corrected chi connectivity index (χ3v) is 2.79. The van der Waals surface area contributed by atoms with Crippen molar-refractivity contribution in [3.05, 3.63) is 48.0 Å². The fourth-order valence-electron chi connectivity index (χ4n) is 1.74. The van der Waals surface area contributed by atoms with Crippen molar-refractivity contribution < 1.29 is 5.11 Å². The predicted molar refractivity (Wildman–Crippen MR) is 65.1 cm³/mol. The maximum atomic E-state index is 9.51. The largest absolute Gasteiger partial charge is 0.506 e. The van der Waals surface area contributed by atoms with Gasteiger partial charge in [0.05, 0.1) is 11.7 Å². The van der Waals surface area contributed by atoms with E-state index in [2.05, 4.69) is 9.97 Å². The number of hydrogen-bond acceptors (Lipinski definition) is 3. The predicted octanol–water partition coefficient (Wildman–Crippen LogP) is 2.76. The summed E-state index contributed by atoms with van der Waals surface area (Å²) in [4.78, 5) is 8.25. The summed E-state index contributed by atoms with van der Waals surface area (Å²) in [6, 6.07) is 7.00. The average Bonchev–Trinajstić information content (AvgIpc) is 2.67. The molecule has 1 N–H and O–H groups in total. The maximum Gasteiger partial charge on any atom is 0.155 e. The third-order valence-electron chi connectivity index (χ3n) is 2.51. The van der Waals surface area contributed by atoms with Crippen LogP contribution in [0.5, 0.6) is 5.75 Å². The highest BCUT2D eigenvalue weighted by Gasteiger charge is 2.11. The van der Waals surface area contributed by atoms with E-state index in [0.717, 1.165) is 11.1 Å². The molecule has 0 radical (unpaired) electrons. The lowest BCUT2D eigenvalue weighted by Gasteiger charge is -2.01. The van der Waals surface area contributed by atoms with Crippen molar-refractivity contribution in [3.8, 4) is 17.1 Å². The monoisotopic (exact) mass is 245 g/mol. The third kappa shape index (κ3) is 1.62. The van der Waals surface area contributed by atoms with E-state index >= 15 is 0 Å². The molecule has 0 unspecified atom stereocenters. The second-order valence-electron chi connectivity index (χ2n) is 3.60. The van der Waals surface area contributed by atoms with Gasteiger partial charge in [0, 0.05) is 18.0 Å². The van der Waals surface area contributed by atoms with Crippen molar-refractivity contribution >= 4 is 17.1 Å². The smallest absolute Gasteiger partial charge is 0.155 e. The average molecular weight is 246 g/mol. The first-order valence-electron chi connectivity index (χ1n) is 5.02. The molecule has 4 nitrogen and oxygen atoms in total. The van der Waals surface area contributed by atoms with Crippen LogP contribution in [0.2, 0.25) is 5.15 Å². The van der Waals surface area contributed by atoms with E-state index in [1.807, 2.05) is 12.1 Å². The first-order chi connectivity index (χ1) is 8.25. The topological polar surface area (TPSA) is 50.4 Å². The van der Waals surface area contributed by atoms with Gasteiger partial charge in [0.1, 0.15) is 11.6 Å². The molecule has 0 amide bonds. The van der Waals surface area contributed by atoms with Gasteiger partial charge >= 0.3 is 0 Å². The fraction of sp³-hybridized carbons (Fsp3) is 0. The van der Waals surface area contributed by atoms with Gasteiger partial charge in [-0.3, -0.25) is 9.38 Å². The van der Waals surface area contributed by atoms with Gasteiger partial charge in [-0.25, -0.2) is 4.98 Å². The summed E-state index contributed by atoms with van der Waals surface area (Å²) in [6.45, 7) is 0. The van der Waals surface area contributed by atoms with Crippen molar-refractivity contribution in [2.24, 2.45) is 0 Å². The molecule has 0 aliphatic rings. The molecule has 0 saturated carbocycles. The van der Waals surface area contributed by atoms with Gasteiger partial charge in [-0.15, -0.1) is 0 Å². The van der Waals surface area contributed by atoms with E-state index in [-0.39, 0.29) is 5.75 Å². The lowest BCUT2D eigenvalue weighted by atomic mass is 10.2. The summed E-state index contributed by atoms with van der Waals surface area (Å²) in [5.74, 6) is 0.852. The van der Waals surface area contributed by atoms with Gasteiger partial charge in [0.2, 0.25) is 0 Å². The number of imidazole rings is 1. The molecule has 0 spiro atoms. The Morgan fingerprint density at radius 3 is 2.65 bits per heavy atom. The first-order valence-corrected chi connectivity index (χ1v) is 5.40. The summed E-state index contributed by atoms with van der Waals surface area (Å²) in [6.07, 6.45) is 4.96. The number of nitrogens with zero attached hydrogens (tertiary/aromatic N) is 3. The standard InChI is InChI=1S/C12H8ClN3O/c13-11-10-2-1-9(17)7-16(10)12(15-11)8-3-5-14-6-4-8/h1-7,17H. The Kier molecular flexibility index (Phi) is 2.23. The molecular weight excluding hydrogens is 238 g/mol. The summed E-state index contributed by atoms with van der Waals surface area (Å²) in [5.41, 5.74) is 1.66. The lowest BCUT2D eigenvalue weighted by molar-refractivity contribution is 0.472. The minimum Gasteiger partial charge on any atom is -0.506 e. The zero-order valence-corrected chi connectivity index (χ0v) is 9.46. The molecule has 0 aliphatic carbocycles. The highest BCUT2D eigenvalue weighted by molar-refractivity contribution is 6.32. The molecule has 84 valence electrons. The van der Waals surface area contributed by atoms with Gasteiger partial charge in [0.25, 0.3) is 0 Å². The van der Waals surface area contributed by atoms with Crippen LogP contribution in [0.25, 0.3) is 16.9 Å². The molecule has 0 atom stereocenters. The second kappa shape index (κ2) is 3.75. The molecule has 3 aromatic rings. The normalized spacial score (nSPS) is 10.9. The minimum absolute atomic E-state index is 0.168. The number of pyridine rings is 2. The van der Waals surface area contributed by atoms with E-state index in [1.54, 1.807) is 35.1 Å². The van der Waals surface area contributed by atoms with Crippen LogP contribution in [0.3, 0.4) is 0 Å². The molecule has 0 aromatic carbocycles. The molecule has 3 heterocycles. The van der Waals surface area contributed by atoms with Crippen LogP contribution in [0.15, 0.2) is 42.9 Å². The summed E-state index contributed by atoms with van der Waals surface area (Å²) in [7, 11) is 0. The molecule has 0 fully saturated rings. The zero-order valence-electron chi connectivity index (χ0n) is 8.71. The number of rotatable bonds is 1. The van der Waals surface area contributed by atoms with Crippen LogP contribution >= 0.6 is 11.6 Å². The molecule has 0 aliphatic heterocycles. The number of fused-ring (bicyclic) bond motifs is 1. The Balaban J connectivity index is 2.34. The minimum atomic E-state index is 0.168. The Morgan fingerprint density at radius 2 is 1.88 bits per heavy atom. The Bertz CT molecular complexity index is 679. The van der Waals surface area contributed by atoms with Crippen molar-refractivity contribution in [2.45, 2.75) is 0 Å². The van der Waals surface area contributed by atoms with E-state index in [1.165, 1.54) is 0 Å². The van der Waals surface area contributed by atoms with Gasteiger partial charge in [-0.05, 0) is 24.3 Å². The fourth-order valence-corrected chi connectivity index (χ4v) is 1.98. The summed E-state index contributed by atoms with van der Waals surface area (Å²) in [5, 5.41) is 9.92. The number of aromatic nitrogens is 3. The highest BCUT2D eigenvalue weighted by Crippen LogP contribution is 2.26. The Hall–Kier alpha value is -2.07. The Morgan fingerprint density at radius 1 is 1.12 bits per heavy atom. The van der Waals surface area contributed by atoms with E-state index in [4.69, 9.17) is 11.6 Å². The second-order valence-corrected chi connectivity index (χ2v) is 3.96. The van der Waals surface area contributed by atoms with E-state index in [9.17, 15) is 5.11 Å². The van der Waals surface area contributed by atoms with Crippen molar-refractivity contribution in [2.75, 3.05) is 0 Å². The van der Waals surface area contributed by atoms with Crippen LogP contribution < -0.4 is 0 Å². The molecule has 0 saturated heterocycles. The molecular formula is C12H8ClN3O. The van der Waals surface area contributed by atoms with Crippen molar-refractivity contribution in [3.63, 3.8) is 0 Å². The van der Waals surface area contributed by atoms with Crippen LogP contribution in [-0.2, 0) is 0 Å². The van der Waals surface area contributed by atoms with Gasteiger partial charge in [0.15, 0.2) is 5.15 Å². The van der Waals surface area contributed by atoms with E-state index in [0.29, 0.717) is 11.0 Å². The van der Waals surface area contributed by atoms with Crippen LogP contribution in [-0.4, -0.2) is 19.5 Å². The maximum absolute atomic E-state index is 9.51. The highest BCUT2D eigenvalue weighted by atomic mass is 35.5. The zero-order chi connectivity index (χ0) is 11.8. The number of halogens is 1. The quantitative estimate of drug-likeness (QED) is 0.717. The van der Waals surface area contributed by atoms with Gasteiger partial charge in [-0.2, -0.15) is 0 Å². The molecule has 3 rings (SSSR count). The molecule has 0 bridgehead atoms. The molecule has 17 heavy (non-hydrogen) atoms. The Labute approximate surface area is 102 Å². The van der Waals surface area contributed by atoms with Gasteiger partial charge in [-0.1, -0.05) is 11.6 Å². The lowest BCUT2D eigenvalue weighted by Crippen LogP contribution is -1.88. The molecule has 5 heteroatoms. The summed E-state index contributed by atoms with van der Waals surface area (Å²) >= 11 is 6.05. The SMILES string of the molecule is Oc1ccc2c(Cl)nc(-c3ccncc3)n2c1. The number of hydrogen-bond donors (Lipinski definition) is 1. The first kappa shape index (κ1) is 10.1. The van der Waals surface area contributed by atoms with Crippen LogP contribution in [0.4, 0.5) is 0 Å².